The fourth-order valence-corrected chi connectivity index (χ4v) is 2.16. The van der Waals surface area contributed by atoms with Crippen LogP contribution in [0.25, 0.3) is 0 Å². The van der Waals surface area contributed by atoms with E-state index in [0.717, 1.165) is 31.2 Å². The van der Waals surface area contributed by atoms with Gasteiger partial charge in [0.05, 0.1) is 12.1 Å². The summed E-state index contributed by atoms with van der Waals surface area (Å²) in [6.45, 7) is 3.43. The Morgan fingerprint density at radius 3 is 2.39 bits per heavy atom. The zero-order chi connectivity index (χ0) is 13.0. The Hall–Kier alpha value is -1.86. The molecule has 1 saturated heterocycles. The third-order valence-electron chi connectivity index (χ3n) is 3.05. The molecule has 1 fully saturated rings. The minimum absolute atomic E-state index is 0.549. The fraction of sp³-hybridized carbons (Fsp3) is 0.308. The van der Waals surface area contributed by atoms with Crippen LogP contribution >= 0.6 is 11.6 Å². The van der Waals surface area contributed by atoms with E-state index in [1.807, 2.05) is 35.2 Å². The molecule has 0 unspecified atom stereocenters. The number of halogens is 1. The van der Waals surface area contributed by atoms with Gasteiger partial charge >= 0.3 is 0 Å². The van der Waals surface area contributed by atoms with Gasteiger partial charge in [0.2, 0.25) is 0 Å². The molecule has 1 aromatic rings. The highest BCUT2D eigenvalue weighted by atomic mass is 35.5. The van der Waals surface area contributed by atoms with Crippen LogP contribution in [-0.4, -0.2) is 31.1 Å². The standard InChI is InChI=1S/C13H15ClN4/c14-11-1-3-12(4-2-11)17-7-9-18(10-8-17)13(16)5-6-15/h1-5H,7-10,16H2/b13-5+. The van der Waals surface area contributed by atoms with Gasteiger partial charge in [-0.15, -0.1) is 0 Å². The molecule has 5 heteroatoms. The monoisotopic (exact) mass is 262 g/mol. The number of nitrogens with zero attached hydrogens (tertiary/aromatic N) is 3. The molecule has 2 rings (SSSR count). The normalized spacial score (nSPS) is 16.6. The van der Waals surface area contributed by atoms with Gasteiger partial charge in [0.1, 0.15) is 5.82 Å². The summed E-state index contributed by atoms with van der Waals surface area (Å²) in [5.41, 5.74) is 6.96. The number of rotatable bonds is 2. The number of allylic oxidation sites excluding steroid dienone is 1. The number of anilines is 1. The number of benzene rings is 1. The number of piperazine rings is 1. The van der Waals surface area contributed by atoms with Crippen LogP contribution < -0.4 is 10.6 Å². The van der Waals surface area contributed by atoms with E-state index in [2.05, 4.69) is 4.90 Å². The first-order valence-electron chi connectivity index (χ1n) is 5.81. The number of hydrogen-bond acceptors (Lipinski definition) is 4. The lowest BCUT2D eigenvalue weighted by atomic mass is 10.2. The smallest absolute Gasteiger partial charge is 0.109 e. The molecule has 0 aliphatic carbocycles. The Kier molecular flexibility index (Phi) is 3.96. The first kappa shape index (κ1) is 12.6. The Morgan fingerprint density at radius 2 is 1.83 bits per heavy atom. The highest BCUT2D eigenvalue weighted by molar-refractivity contribution is 6.30. The number of nitriles is 1. The summed E-state index contributed by atoms with van der Waals surface area (Å²) in [6.07, 6.45) is 1.39. The minimum atomic E-state index is 0.549. The zero-order valence-corrected chi connectivity index (χ0v) is 10.8. The van der Waals surface area contributed by atoms with Crippen LogP contribution in [0.4, 0.5) is 5.69 Å². The summed E-state index contributed by atoms with van der Waals surface area (Å²) in [6, 6.07) is 9.79. The van der Waals surface area contributed by atoms with Crippen molar-refractivity contribution >= 4 is 17.3 Å². The molecule has 1 heterocycles. The molecule has 0 amide bonds. The maximum Gasteiger partial charge on any atom is 0.109 e. The van der Waals surface area contributed by atoms with Crippen molar-refractivity contribution in [1.82, 2.24) is 4.90 Å². The zero-order valence-electron chi connectivity index (χ0n) is 10.0. The Balaban J connectivity index is 1.97. The molecule has 2 N–H and O–H groups in total. The predicted octanol–water partition coefficient (Wildman–Crippen LogP) is 1.79. The summed E-state index contributed by atoms with van der Waals surface area (Å²) >= 11 is 5.87. The molecular formula is C13H15ClN4. The van der Waals surface area contributed by atoms with Gasteiger partial charge in [-0.05, 0) is 24.3 Å². The van der Waals surface area contributed by atoms with Crippen molar-refractivity contribution in [2.24, 2.45) is 5.73 Å². The lowest BCUT2D eigenvalue weighted by Crippen LogP contribution is -2.47. The predicted molar refractivity (Wildman–Crippen MR) is 73.1 cm³/mol. The summed E-state index contributed by atoms with van der Waals surface area (Å²) in [7, 11) is 0. The van der Waals surface area contributed by atoms with Crippen LogP contribution in [0.5, 0.6) is 0 Å². The molecule has 1 aromatic carbocycles. The highest BCUT2D eigenvalue weighted by Crippen LogP contribution is 2.19. The van der Waals surface area contributed by atoms with Gasteiger partial charge in [-0.3, -0.25) is 0 Å². The largest absolute Gasteiger partial charge is 0.385 e. The van der Waals surface area contributed by atoms with E-state index in [9.17, 15) is 0 Å². The topological polar surface area (TPSA) is 56.3 Å². The SMILES string of the molecule is N#C/C=C(\N)N1CCN(c2ccc(Cl)cc2)CC1. The Bertz CT molecular complexity index is 467. The summed E-state index contributed by atoms with van der Waals surface area (Å²) in [4.78, 5) is 4.31. The van der Waals surface area contributed by atoms with Gasteiger partial charge in [0.25, 0.3) is 0 Å². The summed E-state index contributed by atoms with van der Waals surface area (Å²) < 4.78 is 0. The van der Waals surface area contributed by atoms with Gasteiger partial charge in [0, 0.05) is 36.9 Å². The van der Waals surface area contributed by atoms with Crippen LogP contribution in [0, 0.1) is 11.3 Å². The molecule has 1 aliphatic heterocycles. The third kappa shape index (κ3) is 2.88. The fourth-order valence-electron chi connectivity index (χ4n) is 2.03. The molecular weight excluding hydrogens is 248 g/mol. The summed E-state index contributed by atoms with van der Waals surface area (Å²) in [5, 5.41) is 9.32. The molecule has 0 spiro atoms. The van der Waals surface area contributed by atoms with Gasteiger partial charge in [-0.1, -0.05) is 11.6 Å². The van der Waals surface area contributed by atoms with Crippen LogP contribution in [0.15, 0.2) is 36.2 Å². The molecule has 0 saturated carbocycles. The highest BCUT2D eigenvalue weighted by Gasteiger charge is 2.17. The third-order valence-corrected chi connectivity index (χ3v) is 3.30. The van der Waals surface area contributed by atoms with E-state index < -0.39 is 0 Å². The van der Waals surface area contributed by atoms with Crippen molar-refractivity contribution in [2.75, 3.05) is 31.1 Å². The second-order valence-electron chi connectivity index (χ2n) is 4.15. The molecule has 1 aliphatic rings. The summed E-state index contributed by atoms with van der Waals surface area (Å²) in [5.74, 6) is 0.549. The first-order chi connectivity index (χ1) is 8.70. The van der Waals surface area contributed by atoms with E-state index in [4.69, 9.17) is 22.6 Å². The Morgan fingerprint density at radius 1 is 1.22 bits per heavy atom. The second-order valence-corrected chi connectivity index (χ2v) is 4.59. The van der Waals surface area contributed by atoms with E-state index in [0.29, 0.717) is 5.82 Å². The van der Waals surface area contributed by atoms with Gasteiger partial charge in [-0.2, -0.15) is 5.26 Å². The molecule has 94 valence electrons. The second kappa shape index (κ2) is 5.65. The van der Waals surface area contributed by atoms with Crippen molar-refractivity contribution in [2.45, 2.75) is 0 Å². The minimum Gasteiger partial charge on any atom is -0.385 e. The molecule has 4 nitrogen and oxygen atoms in total. The Labute approximate surface area is 112 Å². The van der Waals surface area contributed by atoms with Crippen LogP contribution in [0.2, 0.25) is 5.02 Å². The van der Waals surface area contributed by atoms with Crippen molar-refractivity contribution in [3.05, 3.63) is 41.2 Å². The average Bonchev–Trinajstić information content (AvgIpc) is 2.40. The van der Waals surface area contributed by atoms with E-state index in [1.54, 1.807) is 0 Å². The van der Waals surface area contributed by atoms with E-state index >= 15 is 0 Å². The lowest BCUT2D eigenvalue weighted by Gasteiger charge is -2.37. The maximum absolute atomic E-state index is 8.57. The van der Waals surface area contributed by atoms with Crippen molar-refractivity contribution < 1.29 is 0 Å². The first-order valence-corrected chi connectivity index (χ1v) is 6.19. The van der Waals surface area contributed by atoms with E-state index in [-0.39, 0.29) is 0 Å². The van der Waals surface area contributed by atoms with Gasteiger partial charge in [-0.25, -0.2) is 0 Å². The molecule has 0 bridgehead atoms. The molecule has 18 heavy (non-hydrogen) atoms. The number of hydrogen-bond donors (Lipinski definition) is 1. The molecule has 0 atom stereocenters. The van der Waals surface area contributed by atoms with Crippen molar-refractivity contribution in [3.63, 3.8) is 0 Å². The van der Waals surface area contributed by atoms with Crippen LogP contribution in [0.3, 0.4) is 0 Å². The molecule has 0 aromatic heterocycles. The van der Waals surface area contributed by atoms with Gasteiger partial charge in [0.15, 0.2) is 0 Å². The van der Waals surface area contributed by atoms with E-state index in [1.165, 1.54) is 11.8 Å². The van der Waals surface area contributed by atoms with Crippen molar-refractivity contribution in [3.8, 4) is 6.07 Å². The van der Waals surface area contributed by atoms with Crippen LogP contribution in [-0.2, 0) is 0 Å². The maximum atomic E-state index is 8.57. The number of nitrogens with two attached hydrogens (primary N) is 1. The molecule has 0 radical (unpaired) electrons. The quantitative estimate of drug-likeness (QED) is 0.826. The van der Waals surface area contributed by atoms with Crippen molar-refractivity contribution in [1.29, 1.82) is 5.26 Å². The lowest BCUT2D eigenvalue weighted by molar-refractivity contribution is 0.318. The average molecular weight is 263 g/mol. The van der Waals surface area contributed by atoms with Crippen LogP contribution in [0.1, 0.15) is 0 Å². The van der Waals surface area contributed by atoms with Gasteiger partial charge < -0.3 is 15.5 Å².